The smallest absolute Gasteiger partial charge is 0.222 e. The highest BCUT2D eigenvalue weighted by Crippen LogP contribution is 2.29. The van der Waals surface area contributed by atoms with Crippen molar-refractivity contribution in [3.63, 3.8) is 0 Å². The van der Waals surface area contributed by atoms with E-state index in [4.69, 9.17) is 9.47 Å². The second kappa shape index (κ2) is 10.1. The number of carbonyl (C=O) groups is 1. The average molecular weight is 362 g/mol. The van der Waals surface area contributed by atoms with E-state index in [2.05, 4.69) is 10.6 Å². The molecule has 0 saturated carbocycles. The van der Waals surface area contributed by atoms with E-state index >= 15 is 0 Å². The molecule has 1 aromatic carbocycles. The third-order valence-electron chi connectivity index (χ3n) is 3.63. The van der Waals surface area contributed by atoms with Crippen LogP contribution in [0.5, 0.6) is 11.5 Å². The van der Waals surface area contributed by atoms with Crippen LogP contribution < -0.4 is 20.1 Å². The van der Waals surface area contributed by atoms with Crippen molar-refractivity contribution in [2.75, 3.05) is 20.2 Å². The number of methoxy groups -OCH3 is 1. The van der Waals surface area contributed by atoms with E-state index in [0.717, 1.165) is 23.6 Å². The predicted molar refractivity (Wildman–Crippen MR) is 101 cm³/mol. The molecule has 1 aromatic heterocycles. The molecule has 0 bridgehead atoms. The van der Waals surface area contributed by atoms with Gasteiger partial charge in [0, 0.05) is 30.4 Å². The molecule has 1 heterocycles. The summed E-state index contributed by atoms with van der Waals surface area (Å²) in [5, 5.41) is 8.23. The minimum Gasteiger partial charge on any atom is -0.493 e. The van der Waals surface area contributed by atoms with Gasteiger partial charge in [0.2, 0.25) is 5.91 Å². The number of rotatable bonds is 10. The molecule has 0 aliphatic carbocycles. The first-order chi connectivity index (χ1) is 12.1. The minimum atomic E-state index is 0.0194. The molecule has 0 spiro atoms. The number of carbonyl (C=O) groups excluding carboxylic acids is 1. The zero-order chi connectivity index (χ0) is 18.1. The lowest BCUT2D eigenvalue weighted by Gasteiger charge is -2.12. The third-order valence-corrected chi connectivity index (χ3v) is 4.48. The Balaban J connectivity index is 1.79. The summed E-state index contributed by atoms with van der Waals surface area (Å²) >= 11 is 1.67. The van der Waals surface area contributed by atoms with Crippen molar-refractivity contribution in [2.24, 2.45) is 5.92 Å². The SMILES string of the molecule is COc1cc(CNCCNC(=O)C(C)C)ccc1OCc1cccs1. The Kier molecular flexibility index (Phi) is 7.76. The molecule has 2 N–H and O–H groups in total. The van der Waals surface area contributed by atoms with Crippen LogP contribution in [0.4, 0.5) is 0 Å². The van der Waals surface area contributed by atoms with Gasteiger partial charge in [0.1, 0.15) is 6.61 Å². The average Bonchev–Trinajstić information content (AvgIpc) is 3.13. The first-order valence-corrected chi connectivity index (χ1v) is 9.28. The Morgan fingerprint density at radius 1 is 1.20 bits per heavy atom. The maximum Gasteiger partial charge on any atom is 0.222 e. The van der Waals surface area contributed by atoms with E-state index in [1.54, 1.807) is 18.4 Å². The summed E-state index contributed by atoms with van der Waals surface area (Å²) in [6.07, 6.45) is 0. The molecule has 0 aliphatic heterocycles. The highest BCUT2D eigenvalue weighted by molar-refractivity contribution is 7.09. The van der Waals surface area contributed by atoms with Crippen LogP contribution >= 0.6 is 11.3 Å². The molecule has 2 rings (SSSR count). The van der Waals surface area contributed by atoms with Gasteiger partial charge in [-0.05, 0) is 29.1 Å². The molecule has 136 valence electrons. The molecule has 6 heteroatoms. The van der Waals surface area contributed by atoms with Crippen LogP contribution in [-0.2, 0) is 17.9 Å². The van der Waals surface area contributed by atoms with E-state index in [0.29, 0.717) is 19.7 Å². The molecule has 0 saturated heterocycles. The predicted octanol–water partition coefficient (Wildman–Crippen LogP) is 3.20. The second-order valence-electron chi connectivity index (χ2n) is 5.98. The lowest BCUT2D eigenvalue weighted by molar-refractivity contribution is -0.123. The number of ether oxygens (including phenoxy) is 2. The molecule has 0 fully saturated rings. The molecule has 5 nitrogen and oxygen atoms in total. The summed E-state index contributed by atoms with van der Waals surface area (Å²) < 4.78 is 11.3. The summed E-state index contributed by atoms with van der Waals surface area (Å²) in [5.41, 5.74) is 1.11. The van der Waals surface area contributed by atoms with E-state index in [1.165, 1.54) is 4.88 Å². The van der Waals surface area contributed by atoms with Crippen molar-refractivity contribution in [2.45, 2.75) is 27.0 Å². The highest BCUT2D eigenvalue weighted by atomic mass is 32.1. The molecule has 0 radical (unpaired) electrons. The number of hydrogen-bond donors (Lipinski definition) is 2. The van der Waals surface area contributed by atoms with Crippen molar-refractivity contribution in [1.82, 2.24) is 10.6 Å². The van der Waals surface area contributed by atoms with Gasteiger partial charge in [-0.2, -0.15) is 0 Å². The van der Waals surface area contributed by atoms with E-state index < -0.39 is 0 Å². The van der Waals surface area contributed by atoms with Gasteiger partial charge in [-0.25, -0.2) is 0 Å². The summed E-state index contributed by atoms with van der Waals surface area (Å²) in [4.78, 5) is 12.7. The molecule has 1 amide bonds. The van der Waals surface area contributed by atoms with Crippen molar-refractivity contribution in [3.8, 4) is 11.5 Å². The fraction of sp³-hybridized carbons (Fsp3) is 0.421. The van der Waals surface area contributed by atoms with Crippen molar-refractivity contribution < 1.29 is 14.3 Å². The lowest BCUT2D eigenvalue weighted by atomic mass is 10.2. The van der Waals surface area contributed by atoms with Gasteiger partial charge in [-0.3, -0.25) is 4.79 Å². The molecule has 2 aromatic rings. The van der Waals surface area contributed by atoms with Crippen LogP contribution in [0.15, 0.2) is 35.7 Å². The van der Waals surface area contributed by atoms with Crippen LogP contribution in [-0.4, -0.2) is 26.1 Å². The van der Waals surface area contributed by atoms with Gasteiger partial charge >= 0.3 is 0 Å². The van der Waals surface area contributed by atoms with Gasteiger partial charge in [0.25, 0.3) is 0 Å². The fourth-order valence-corrected chi connectivity index (χ4v) is 2.81. The number of thiophene rings is 1. The maximum atomic E-state index is 11.5. The van der Waals surface area contributed by atoms with Crippen LogP contribution in [0.1, 0.15) is 24.3 Å². The molecule has 0 aliphatic rings. The fourth-order valence-electron chi connectivity index (χ4n) is 2.20. The maximum absolute atomic E-state index is 11.5. The quantitative estimate of drug-likeness (QED) is 0.637. The highest BCUT2D eigenvalue weighted by Gasteiger charge is 2.07. The van der Waals surface area contributed by atoms with Crippen molar-refractivity contribution >= 4 is 17.2 Å². The molecule has 0 unspecified atom stereocenters. The Labute approximate surface area is 153 Å². The van der Waals surface area contributed by atoms with Gasteiger partial charge < -0.3 is 20.1 Å². The van der Waals surface area contributed by atoms with E-state index in [1.807, 2.05) is 49.6 Å². The van der Waals surface area contributed by atoms with E-state index in [9.17, 15) is 4.79 Å². The van der Waals surface area contributed by atoms with Crippen LogP contribution in [0.2, 0.25) is 0 Å². The Hall–Kier alpha value is -2.05. The van der Waals surface area contributed by atoms with Crippen LogP contribution in [0, 0.1) is 5.92 Å². The molecular formula is C19H26N2O3S. The monoisotopic (exact) mass is 362 g/mol. The van der Waals surface area contributed by atoms with E-state index in [-0.39, 0.29) is 11.8 Å². The topological polar surface area (TPSA) is 59.6 Å². The largest absolute Gasteiger partial charge is 0.493 e. The summed E-state index contributed by atoms with van der Waals surface area (Å²) in [6, 6.07) is 9.99. The molecule has 0 atom stereocenters. The number of nitrogens with one attached hydrogen (secondary N) is 2. The first kappa shape index (κ1) is 19.3. The normalized spacial score (nSPS) is 10.7. The number of hydrogen-bond acceptors (Lipinski definition) is 5. The molecule has 25 heavy (non-hydrogen) atoms. The second-order valence-corrected chi connectivity index (χ2v) is 7.01. The summed E-state index contributed by atoms with van der Waals surface area (Å²) in [6.45, 7) is 6.36. The zero-order valence-electron chi connectivity index (χ0n) is 15.0. The number of benzene rings is 1. The van der Waals surface area contributed by atoms with Gasteiger partial charge in [0.15, 0.2) is 11.5 Å². The van der Waals surface area contributed by atoms with Crippen LogP contribution in [0.3, 0.4) is 0 Å². The van der Waals surface area contributed by atoms with Gasteiger partial charge in [0.05, 0.1) is 7.11 Å². The minimum absolute atomic E-state index is 0.0194. The number of amides is 1. The van der Waals surface area contributed by atoms with Crippen LogP contribution in [0.25, 0.3) is 0 Å². The summed E-state index contributed by atoms with van der Waals surface area (Å²) in [7, 11) is 1.64. The summed E-state index contributed by atoms with van der Waals surface area (Å²) in [5.74, 6) is 1.56. The standard InChI is InChI=1S/C19H26N2O3S/c1-14(2)19(22)21-9-8-20-12-15-6-7-17(18(11-15)23-3)24-13-16-5-4-10-25-16/h4-7,10-11,14,20H,8-9,12-13H2,1-3H3,(H,21,22). The molecular weight excluding hydrogens is 336 g/mol. The van der Waals surface area contributed by atoms with Crippen molar-refractivity contribution in [3.05, 3.63) is 46.2 Å². The first-order valence-electron chi connectivity index (χ1n) is 8.40. The van der Waals surface area contributed by atoms with Crippen molar-refractivity contribution in [1.29, 1.82) is 0 Å². The Morgan fingerprint density at radius 3 is 2.72 bits per heavy atom. The zero-order valence-corrected chi connectivity index (χ0v) is 15.8. The Morgan fingerprint density at radius 2 is 2.04 bits per heavy atom. The third kappa shape index (κ3) is 6.40. The lowest BCUT2D eigenvalue weighted by Crippen LogP contribution is -2.34. The Bertz CT molecular complexity index is 657. The van der Waals surface area contributed by atoms with Gasteiger partial charge in [-0.1, -0.05) is 26.0 Å². The van der Waals surface area contributed by atoms with Gasteiger partial charge in [-0.15, -0.1) is 11.3 Å².